The summed E-state index contributed by atoms with van der Waals surface area (Å²) >= 11 is 0. The number of benzene rings is 1. The lowest BCUT2D eigenvalue weighted by Crippen LogP contribution is -2.25. The van der Waals surface area contributed by atoms with E-state index >= 15 is 0 Å². The number of imidazole rings is 1. The molecule has 178 valence electrons. The molecule has 0 unspecified atom stereocenters. The smallest absolute Gasteiger partial charge is 0.433 e. The zero-order chi connectivity index (χ0) is 24.4. The number of alkyl halides is 3. The van der Waals surface area contributed by atoms with Crippen LogP contribution in [-0.2, 0) is 12.7 Å². The normalized spacial score (nSPS) is 11.7. The van der Waals surface area contributed by atoms with Gasteiger partial charge in [-0.05, 0) is 24.6 Å². The minimum absolute atomic E-state index is 0.0350. The van der Waals surface area contributed by atoms with Crippen LogP contribution in [0, 0.1) is 0 Å². The second kappa shape index (κ2) is 9.09. The molecule has 1 aromatic carbocycles. The Morgan fingerprint density at radius 2 is 1.91 bits per heavy atom. The molecule has 5 rings (SSSR count). The lowest BCUT2D eigenvalue weighted by atomic mass is 10.1. The molecule has 4 heterocycles. The van der Waals surface area contributed by atoms with Gasteiger partial charge in [0.15, 0.2) is 11.3 Å². The number of fused-ring (bicyclic) bond motifs is 1. The fourth-order valence-corrected chi connectivity index (χ4v) is 3.70. The number of hydrogen-bond donors (Lipinski definition) is 1. The molecule has 0 saturated heterocycles. The number of carbonyl (C=O) groups is 1. The Kier molecular flexibility index (Phi) is 5.81. The summed E-state index contributed by atoms with van der Waals surface area (Å²) in [5.74, 6) is 0.0929. The molecule has 0 bridgehead atoms. The SMILES string of the molecule is O=C(NCCCn1ccnc1)c1cnn2c(C(F)(F)F)cc(-c3ccc(-c4ccco4)cc3)nc12. The van der Waals surface area contributed by atoms with Crippen molar-refractivity contribution in [3.63, 3.8) is 0 Å². The van der Waals surface area contributed by atoms with Crippen molar-refractivity contribution >= 4 is 11.6 Å². The highest BCUT2D eigenvalue weighted by Crippen LogP contribution is 2.33. The molecule has 35 heavy (non-hydrogen) atoms. The predicted molar refractivity (Wildman–Crippen MR) is 120 cm³/mol. The van der Waals surface area contributed by atoms with Gasteiger partial charge in [0.2, 0.25) is 0 Å². The van der Waals surface area contributed by atoms with Gasteiger partial charge in [-0.1, -0.05) is 24.3 Å². The van der Waals surface area contributed by atoms with Crippen LogP contribution in [0.3, 0.4) is 0 Å². The van der Waals surface area contributed by atoms with Crippen molar-refractivity contribution in [2.45, 2.75) is 19.1 Å². The molecule has 0 aliphatic rings. The van der Waals surface area contributed by atoms with Gasteiger partial charge in [-0.3, -0.25) is 4.79 Å². The van der Waals surface area contributed by atoms with Crippen LogP contribution in [0.25, 0.3) is 28.2 Å². The molecule has 0 radical (unpaired) electrons. The first-order chi connectivity index (χ1) is 16.9. The summed E-state index contributed by atoms with van der Waals surface area (Å²) < 4.78 is 49.4. The molecular weight excluding hydrogens is 461 g/mol. The van der Waals surface area contributed by atoms with Crippen LogP contribution in [0.5, 0.6) is 0 Å². The van der Waals surface area contributed by atoms with Crippen molar-refractivity contribution in [3.05, 3.63) is 84.9 Å². The molecule has 5 aromatic rings. The van der Waals surface area contributed by atoms with Gasteiger partial charge in [-0.25, -0.2) is 14.5 Å². The van der Waals surface area contributed by atoms with Crippen molar-refractivity contribution in [3.8, 4) is 22.6 Å². The van der Waals surface area contributed by atoms with Gasteiger partial charge >= 0.3 is 6.18 Å². The molecule has 11 heteroatoms. The van der Waals surface area contributed by atoms with E-state index in [1.807, 2.05) is 4.57 Å². The number of rotatable bonds is 7. The Labute approximate surface area is 197 Å². The standard InChI is InChI=1S/C24H19F3N6O2/c25-24(26,27)21-13-19(16-4-6-17(7-5-16)20-3-1-12-35-20)31-22-18(14-30-33(21)22)23(34)29-8-2-10-32-11-9-28-15-32/h1,3-7,9,11-15H,2,8,10H2,(H,29,34). The van der Waals surface area contributed by atoms with Crippen molar-refractivity contribution < 1.29 is 22.4 Å². The van der Waals surface area contributed by atoms with E-state index in [1.165, 1.54) is 6.26 Å². The van der Waals surface area contributed by atoms with E-state index in [-0.39, 0.29) is 16.9 Å². The second-order valence-electron chi connectivity index (χ2n) is 7.78. The van der Waals surface area contributed by atoms with Crippen molar-refractivity contribution in [1.82, 2.24) is 29.5 Å². The van der Waals surface area contributed by atoms with E-state index in [0.29, 0.717) is 35.3 Å². The fraction of sp³-hybridized carbons (Fsp3) is 0.167. The fourth-order valence-electron chi connectivity index (χ4n) is 3.70. The number of amides is 1. The lowest BCUT2D eigenvalue weighted by molar-refractivity contribution is -0.142. The molecule has 0 aliphatic heterocycles. The Hall–Kier alpha value is -4.41. The second-order valence-corrected chi connectivity index (χ2v) is 7.78. The van der Waals surface area contributed by atoms with E-state index in [9.17, 15) is 18.0 Å². The number of aromatic nitrogens is 5. The maximum absolute atomic E-state index is 13.8. The van der Waals surface area contributed by atoms with E-state index in [2.05, 4.69) is 20.4 Å². The van der Waals surface area contributed by atoms with E-state index in [0.717, 1.165) is 17.8 Å². The third-order valence-corrected chi connectivity index (χ3v) is 5.43. The van der Waals surface area contributed by atoms with Gasteiger partial charge in [-0.15, -0.1) is 0 Å². The van der Waals surface area contributed by atoms with Gasteiger partial charge in [0.05, 0.1) is 24.5 Å². The van der Waals surface area contributed by atoms with Crippen LogP contribution in [0.15, 0.2) is 78.1 Å². The highest BCUT2D eigenvalue weighted by molar-refractivity contribution is 5.99. The predicted octanol–water partition coefficient (Wildman–Crippen LogP) is 4.69. The third kappa shape index (κ3) is 4.65. The molecular formula is C24H19F3N6O2. The monoisotopic (exact) mass is 480 g/mol. The number of nitrogens with one attached hydrogen (secondary N) is 1. The van der Waals surface area contributed by atoms with Crippen LogP contribution in [0.4, 0.5) is 13.2 Å². The number of halogens is 3. The molecule has 0 atom stereocenters. The van der Waals surface area contributed by atoms with E-state index in [4.69, 9.17) is 4.42 Å². The Morgan fingerprint density at radius 1 is 1.11 bits per heavy atom. The lowest BCUT2D eigenvalue weighted by Gasteiger charge is -2.12. The molecule has 4 aromatic heterocycles. The molecule has 0 saturated carbocycles. The quantitative estimate of drug-likeness (QED) is 0.341. The average molecular weight is 480 g/mol. The molecule has 8 nitrogen and oxygen atoms in total. The number of aryl methyl sites for hydroxylation is 1. The summed E-state index contributed by atoms with van der Waals surface area (Å²) in [5, 5.41) is 6.53. The zero-order valence-corrected chi connectivity index (χ0v) is 18.2. The molecule has 1 N–H and O–H groups in total. The Bertz CT molecular complexity index is 1440. The summed E-state index contributed by atoms with van der Waals surface area (Å²) in [4.78, 5) is 21.1. The summed E-state index contributed by atoms with van der Waals surface area (Å²) in [5.41, 5.74) is 0.0821. The maximum Gasteiger partial charge on any atom is 0.433 e. The highest BCUT2D eigenvalue weighted by Gasteiger charge is 2.36. The van der Waals surface area contributed by atoms with E-state index in [1.54, 1.807) is 55.1 Å². The highest BCUT2D eigenvalue weighted by atomic mass is 19.4. The van der Waals surface area contributed by atoms with Gasteiger partial charge in [0.25, 0.3) is 5.91 Å². The first kappa shape index (κ1) is 22.4. The number of furan rings is 1. The largest absolute Gasteiger partial charge is 0.464 e. The summed E-state index contributed by atoms with van der Waals surface area (Å²) in [6.07, 6.45) is 3.69. The van der Waals surface area contributed by atoms with E-state index < -0.39 is 17.8 Å². The van der Waals surface area contributed by atoms with Crippen LogP contribution in [0.2, 0.25) is 0 Å². The molecule has 0 aliphatic carbocycles. The zero-order valence-electron chi connectivity index (χ0n) is 18.2. The Balaban J connectivity index is 1.44. The topological polar surface area (TPSA) is 90.2 Å². The van der Waals surface area contributed by atoms with Gasteiger partial charge < -0.3 is 14.3 Å². The van der Waals surface area contributed by atoms with Crippen LogP contribution in [0.1, 0.15) is 22.5 Å². The first-order valence-electron chi connectivity index (χ1n) is 10.7. The van der Waals surface area contributed by atoms with Crippen LogP contribution >= 0.6 is 0 Å². The maximum atomic E-state index is 13.8. The summed E-state index contributed by atoms with van der Waals surface area (Å²) in [7, 11) is 0. The average Bonchev–Trinajstić information content (AvgIpc) is 3.62. The third-order valence-electron chi connectivity index (χ3n) is 5.43. The van der Waals surface area contributed by atoms with Crippen LogP contribution in [-0.4, -0.2) is 36.6 Å². The van der Waals surface area contributed by atoms with Gasteiger partial charge in [-0.2, -0.15) is 18.3 Å². The molecule has 1 amide bonds. The summed E-state index contributed by atoms with van der Waals surface area (Å²) in [6.45, 7) is 0.970. The number of hydrogen-bond acceptors (Lipinski definition) is 5. The van der Waals surface area contributed by atoms with Crippen molar-refractivity contribution in [1.29, 1.82) is 0 Å². The minimum Gasteiger partial charge on any atom is -0.464 e. The van der Waals surface area contributed by atoms with Gasteiger partial charge in [0, 0.05) is 36.6 Å². The molecule has 0 spiro atoms. The summed E-state index contributed by atoms with van der Waals surface area (Å²) in [6, 6.07) is 11.2. The van der Waals surface area contributed by atoms with Crippen LogP contribution < -0.4 is 5.32 Å². The molecule has 0 fully saturated rings. The Morgan fingerprint density at radius 3 is 2.60 bits per heavy atom. The van der Waals surface area contributed by atoms with Crippen molar-refractivity contribution in [2.24, 2.45) is 0 Å². The van der Waals surface area contributed by atoms with Gasteiger partial charge in [0.1, 0.15) is 11.3 Å². The first-order valence-corrected chi connectivity index (χ1v) is 10.7. The number of nitrogens with zero attached hydrogens (tertiary/aromatic N) is 5. The van der Waals surface area contributed by atoms with Crippen molar-refractivity contribution in [2.75, 3.05) is 6.54 Å². The minimum atomic E-state index is -4.70. The number of carbonyl (C=O) groups excluding carboxylic acids is 1.